The van der Waals surface area contributed by atoms with Crippen LogP contribution < -0.4 is 11.1 Å². The van der Waals surface area contributed by atoms with Crippen LogP contribution in [0.3, 0.4) is 0 Å². The molecule has 21 heavy (non-hydrogen) atoms. The van der Waals surface area contributed by atoms with Gasteiger partial charge in [-0.15, -0.1) is 0 Å². The Hall–Kier alpha value is -2.96. The third-order valence-electron chi connectivity index (χ3n) is 2.77. The number of hydrogen-bond donors (Lipinski definition) is 2. The predicted molar refractivity (Wildman–Crippen MR) is 76.2 cm³/mol. The maximum absolute atomic E-state index is 12.8. The monoisotopic (exact) mass is 289 g/mol. The molecule has 0 aromatic heterocycles. The number of carbonyl (C=O) groups is 1. The first kappa shape index (κ1) is 14.4. The SMILES string of the molecule is Nc1ccc(NC(=O)Cc2ccc(F)cc2)c([N+](=O)[O-])c1. The number of nitro groups is 1. The lowest BCUT2D eigenvalue weighted by molar-refractivity contribution is -0.383. The number of benzene rings is 2. The first-order valence-corrected chi connectivity index (χ1v) is 6.04. The summed E-state index contributed by atoms with van der Waals surface area (Å²) < 4.78 is 12.8. The molecule has 2 aromatic carbocycles. The fourth-order valence-electron chi connectivity index (χ4n) is 1.79. The molecule has 2 rings (SSSR count). The van der Waals surface area contributed by atoms with Crippen LogP contribution in [-0.4, -0.2) is 10.8 Å². The molecule has 0 bridgehead atoms. The number of hydrogen-bond acceptors (Lipinski definition) is 4. The molecule has 0 saturated carbocycles. The molecule has 2 aromatic rings. The van der Waals surface area contributed by atoms with E-state index in [1.807, 2.05) is 0 Å². The number of halogens is 1. The molecular weight excluding hydrogens is 277 g/mol. The van der Waals surface area contributed by atoms with E-state index in [1.54, 1.807) is 0 Å². The smallest absolute Gasteiger partial charge is 0.294 e. The molecule has 6 nitrogen and oxygen atoms in total. The summed E-state index contributed by atoms with van der Waals surface area (Å²) in [6.45, 7) is 0. The molecule has 0 spiro atoms. The van der Waals surface area contributed by atoms with Crippen LogP contribution in [-0.2, 0) is 11.2 Å². The van der Waals surface area contributed by atoms with Crippen molar-refractivity contribution in [2.24, 2.45) is 0 Å². The zero-order valence-electron chi connectivity index (χ0n) is 10.9. The molecule has 0 fully saturated rings. The van der Waals surface area contributed by atoms with Crippen LogP contribution in [0.25, 0.3) is 0 Å². The second-order valence-corrected chi connectivity index (χ2v) is 4.39. The Morgan fingerprint density at radius 3 is 2.52 bits per heavy atom. The molecule has 108 valence electrons. The molecular formula is C14H12FN3O3. The van der Waals surface area contributed by atoms with Crippen molar-refractivity contribution in [1.29, 1.82) is 0 Å². The minimum absolute atomic E-state index is 0.0121. The predicted octanol–water partition coefficient (Wildman–Crippen LogP) is 2.50. The van der Waals surface area contributed by atoms with Crippen molar-refractivity contribution in [2.75, 3.05) is 11.1 Å². The third kappa shape index (κ3) is 3.75. The molecule has 0 heterocycles. The molecule has 0 saturated heterocycles. The zero-order chi connectivity index (χ0) is 15.4. The Morgan fingerprint density at radius 1 is 1.24 bits per heavy atom. The highest BCUT2D eigenvalue weighted by Gasteiger charge is 2.16. The number of nitro benzene ring substituents is 1. The van der Waals surface area contributed by atoms with E-state index in [4.69, 9.17) is 5.73 Å². The molecule has 0 unspecified atom stereocenters. The van der Waals surface area contributed by atoms with Gasteiger partial charge in [0.25, 0.3) is 5.69 Å². The number of carbonyl (C=O) groups excluding carboxylic acids is 1. The van der Waals surface area contributed by atoms with Crippen molar-refractivity contribution < 1.29 is 14.1 Å². The highest BCUT2D eigenvalue weighted by molar-refractivity contribution is 5.94. The Bertz CT molecular complexity index is 686. The number of amides is 1. The lowest BCUT2D eigenvalue weighted by atomic mass is 10.1. The Morgan fingerprint density at radius 2 is 1.90 bits per heavy atom. The lowest BCUT2D eigenvalue weighted by Crippen LogP contribution is -2.15. The Kier molecular flexibility index (Phi) is 4.13. The standard InChI is InChI=1S/C14H12FN3O3/c15-10-3-1-9(2-4-10)7-14(19)17-12-6-5-11(16)8-13(12)18(20)21/h1-6,8H,7,16H2,(H,17,19). The topological polar surface area (TPSA) is 98.3 Å². The van der Waals surface area contributed by atoms with Gasteiger partial charge in [0.05, 0.1) is 11.3 Å². The van der Waals surface area contributed by atoms with Gasteiger partial charge in [-0.25, -0.2) is 4.39 Å². The summed E-state index contributed by atoms with van der Waals surface area (Å²) >= 11 is 0. The minimum atomic E-state index is -0.621. The van der Waals surface area contributed by atoms with E-state index in [9.17, 15) is 19.3 Å². The Labute approximate surface area is 119 Å². The van der Waals surface area contributed by atoms with Gasteiger partial charge in [0.15, 0.2) is 0 Å². The van der Waals surface area contributed by atoms with Crippen LogP contribution in [0.1, 0.15) is 5.56 Å². The van der Waals surface area contributed by atoms with Crippen LogP contribution >= 0.6 is 0 Å². The number of anilines is 2. The molecule has 3 N–H and O–H groups in total. The van der Waals surface area contributed by atoms with E-state index in [0.717, 1.165) is 0 Å². The molecule has 0 radical (unpaired) electrons. The van der Waals surface area contributed by atoms with Crippen molar-refractivity contribution in [3.8, 4) is 0 Å². The van der Waals surface area contributed by atoms with E-state index >= 15 is 0 Å². The summed E-state index contributed by atoms with van der Waals surface area (Å²) in [6.07, 6.45) is -0.0121. The fourth-order valence-corrected chi connectivity index (χ4v) is 1.79. The average molecular weight is 289 g/mol. The van der Waals surface area contributed by atoms with Gasteiger partial charge in [-0.2, -0.15) is 0 Å². The van der Waals surface area contributed by atoms with Gasteiger partial charge in [-0.1, -0.05) is 12.1 Å². The summed E-state index contributed by atoms with van der Waals surface area (Å²) in [5.74, 6) is -0.831. The van der Waals surface area contributed by atoms with Gasteiger partial charge in [0.1, 0.15) is 11.5 Å². The van der Waals surface area contributed by atoms with E-state index in [1.165, 1.54) is 42.5 Å². The van der Waals surface area contributed by atoms with E-state index in [0.29, 0.717) is 5.56 Å². The molecule has 1 amide bonds. The Balaban J connectivity index is 2.12. The van der Waals surface area contributed by atoms with E-state index in [2.05, 4.69) is 5.32 Å². The van der Waals surface area contributed by atoms with Gasteiger partial charge in [-0.3, -0.25) is 14.9 Å². The number of rotatable bonds is 4. The normalized spacial score (nSPS) is 10.1. The maximum atomic E-state index is 12.8. The average Bonchev–Trinajstić information content (AvgIpc) is 2.43. The second kappa shape index (κ2) is 6.00. The lowest BCUT2D eigenvalue weighted by Gasteiger charge is -2.07. The van der Waals surface area contributed by atoms with Crippen molar-refractivity contribution >= 4 is 23.0 Å². The fraction of sp³-hybridized carbons (Fsp3) is 0.0714. The summed E-state index contributed by atoms with van der Waals surface area (Å²) in [5.41, 5.74) is 6.11. The van der Waals surface area contributed by atoms with E-state index < -0.39 is 16.6 Å². The molecule has 0 aliphatic heterocycles. The van der Waals surface area contributed by atoms with Crippen LogP contribution in [0.15, 0.2) is 42.5 Å². The maximum Gasteiger partial charge on any atom is 0.294 e. The van der Waals surface area contributed by atoms with Crippen LogP contribution in [0.2, 0.25) is 0 Å². The van der Waals surface area contributed by atoms with Crippen molar-refractivity contribution in [3.63, 3.8) is 0 Å². The highest BCUT2D eigenvalue weighted by atomic mass is 19.1. The van der Waals surface area contributed by atoms with Gasteiger partial charge < -0.3 is 11.1 Å². The number of nitrogens with two attached hydrogens (primary N) is 1. The second-order valence-electron chi connectivity index (χ2n) is 4.39. The largest absolute Gasteiger partial charge is 0.399 e. The molecule has 0 aliphatic rings. The quantitative estimate of drug-likeness (QED) is 0.513. The summed E-state index contributed by atoms with van der Waals surface area (Å²) in [7, 11) is 0. The van der Waals surface area contributed by atoms with Crippen molar-refractivity contribution in [3.05, 3.63) is 64.0 Å². The first-order valence-electron chi connectivity index (χ1n) is 6.04. The summed E-state index contributed by atoms with van der Waals surface area (Å²) in [4.78, 5) is 22.2. The number of nitrogens with one attached hydrogen (secondary N) is 1. The highest BCUT2D eigenvalue weighted by Crippen LogP contribution is 2.26. The van der Waals surface area contributed by atoms with Gasteiger partial charge in [0, 0.05) is 11.8 Å². The first-order chi connectivity index (χ1) is 9.95. The van der Waals surface area contributed by atoms with Gasteiger partial charge in [0.2, 0.25) is 5.91 Å². The number of nitrogens with zero attached hydrogens (tertiary/aromatic N) is 1. The van der Waals surface area contributed by atoms with E-state index in [-0.39, 0.29) is 23.5 Å². The van der Waals surface area contributed by atoms with Gasteiger partial charge in [-0.05, 0) is 29.8 Å². The van der Waals surface area contributed by atoms with Crippen LogP contribution in [0.4, 0.5) is 21.5 Å². The number of nitrogen functional groups attached to an aromatic ring is 1. The third-order valence-corrected chi connectivity index (χ3v) is 2.77. The molecule has 0 atom stereocenters. The van der Waals surface area contributed by atoms with Crippen molar-refractivity contribution in [2.45, 2.75) is 6.42 Å². The van der Waals surface area contributed by atoms with Gasteiger partial charge >= 0.3 is 0 Å². The zero-order valence-corrected chi connectivity index (χ0v) is 10.9. The van der Waals surface area contributed by atoms with Crippen LogP contribution in [0.5, 0.6) is 0 Å². The summed E-state index contributed by atoms with van der Waals surface area (Å²) in [6, 6.07) is 9.45. The summed E-state index contributed by atoms with van der Waals surface area (Å²) in [5, 5.41) is 13.4. The molecule has 7 heteroatoms. The van der Waals surface area contributed by atoms with Crippen LogP contribution in [0, 0.1) is 15.9 Å². The molecule has 0 aliphatic carbocycles. The van der Waals surface area contributed by atoms with Crippen molar-refractivity contribution in [1.82, 2.24) is 0 Å². The minimum Gasteiger partial charge on any atom is -0.399 e.